The van der Waals surface area contributed by atoms with Gasteiger partial charge in [0.2, 0.25) is 0 Å². The lowest BCUT2D eigenvalue weighted by atomic mass is 10.1. The van der Waals surface area contributed by atoms with Crippen molar-refractivity contribution in [3.05, 3.63) is 35.2 Å². The summed E-state index contributed by atoms with van der Waals surface area (Å²) in [6.07, 6.45) is 0. The highest BCUT2D eigenvalue weighted by Crippen LogP contribution is 2.33. The first kappa shape index (κ1) is 13.9. The molecule has 0 radical (unpaired) electrons. The van der Waals surface area contributed by atoms with E-state index in [4.69, 9.17) is 10.5 Å². The van der Waals surface area contributed by atoms with Gasteiger partial charge in [-0.3, -0.25) is 4.68 Å². The molecule has 0 fully saturated rings. The second kappa shape index (κ2) is 5.24. The number of esters is 1. The maximum Gasteiger partial charge on any atom is 0.340 e. The number of nitrogens with zero attached hydrogens (tertiary/aromatic N) is 2. The maximum absolute atomic E-state index is 11.6. The SMILES string of the molecule is COC(=O)c1cccc(Oc2c(C)nn(C)c2C)c1N. The lowest BCUT2D eigenvalue weighted by Gasteiger charge is -2.11. The van der Waals surface area contributed by atoms with Crippen LogP contribution in [0.25, 0.3) is 0 Å². The molecule has 2 N–H and O–H groups in total. The molecule has 20 heavy (non-hydrogen) atoms. The molecule has 0 aliphatic heterocycles. The van der Waals surface area contributed by atoms with Crippen molar-refractivity contribution in [2.45, 2.75) is 13.8 Å². The maximum atomic E-state index is 11.6. The van der Waals surface area contributed by atoms with Crippen molar-refractivity contribution >= 4 is 11.7 Å². The van der Waals surface area contributed by atoms with E-state index in [1.165, 1.54) is 7.11 Å². The van der Waals surface area contributed by atoms with E-state index in [0.29, 0.717) is 11.5 Å². The third kappa shape index (κ3) is 2.32. The number of benzene rings is 1. The Morgan fingerprint density at radius 3 is 2.60 bits per heavy atom. The fourth-order valence-corrected chi connectivity index (χ4v) is 1.93. The number of para-hydroxylation sites is 1. The standard InChI is InChI=1S/C14H17N3O3/c1-8-13(9(2)17(3)16-8)20-11-7-5-6-10(12(11)15)14(18)19-4/h5-7H,15H2,1-4H3. The summed E-state index contributed by atoms with van der Waals surface area (Å²) in [5, 5.41) is 4.27. The molecule has 0 amide bonds. The Hall–Kier alpha value is -2.50. The lowest BCUT2D eigenvalue weighted by molar-refractivity contribution is 0.0601. The van der Waals surface area contributed by atoms with E-state index in [2.05, 4.69) is 9.84 Å². The Balaban J connectivity index is 2.42. The Morgan fingerprint density at radius 1 is 1.35 bits per heavy atom. The highest BCUT2D eigenvalue weighted by Gasteiger charge is 2.17. The smallest absolute Gasteiger partial charge is 0.340 e. The van der Waals surface area contributed by atoms with E-state index < -0.39 is 5.97 Å². The van der Waals surface area contributed by atoms with Gasteiger partial charge in [0.25, 0.3) is 0 Å². The summed E-state index contributed by atoms with van der Waals surface area (Å²) in [7, 11) is 3.15. The van der Waals surface area contributed by atoms with Gasteiger partial charge in [-0.2, -0.15) is 5.10 Å². The molecule has 0 spiro atoms. The Bertz CT molecular complexity index is 662. The van der Waals surface area contributed by atoms with Crippen LogP contribution in [0, 0.1) is 13.8 Å². The van der Waals surface area contributed by atoms with Gasteiger partial charge in [-0.05, 0) is 26.0 Å². The van der Waals surface area contributed by atoms with Gasteiger partial charge in [0.1, 0.15) is 5.69 Å². The van der Waals surface area contributed by atoms with Crippen molar-refractivity contribution in [1.82, 2.24) is 9.78 Å². The number of anilines is 1. The van der Waals surface area contributed by atoms with E-state index in [1.807, 2.05) is 20.9 Å². The van der Waals surface area contributed by atoms with Gasteiger partial charge in [0.15, 0.2) is 11.5 Å². The molecule has 2 aromatic rings. The zero-order chi connectivity index (χ0) is 14.9. The van der Waals surface area contributed by atoms with Gasteiger partial charge in [0, 0.05) is 7.05 Å². The van der Waals surface area contributed by atoms with Gasteiger partial charge in [-0.1, -0.05) is 6.07 Å². The number of carbonyl (C=O) groups excluding carboxylic acids is 1. The molecule has 106 valence electrons. The number of nitrogen functional groups attached to an aromatic ring is 1. The molecule has 2 rings (SSSR count). The van der Waals surface area contributed by atoms with Gasteiger partial charge in [-0.25, -0.2) is 4.79 Å². The van der Waals surface area contributed by atoms with Crippen molar-refractivity contribution < 1.29 is 14.3 Å². The van der Waals surface area contributed by atoms with Crippen LogP contribution in [0.4, 0.5) is 5.69 Å². The fraction of sp³-hybridized carbons (Fsp3) is 0.286. The number of hydrogen-bond donors (Lipinski definition) is 1. The predicted molar refractivity (Wildman–Crippen MR) is 74.9 cm³/mol. The number of methoxy groups -OCH3 is 1. The van der Waals surface area contributed by atoms with E-state index in [-0.39, 0.29) is 11.3 Å². The zero-order valence-electron chi connectivity index (χ0n) is 11.9. The monoisotopic (exact) mass is 275 g/mol. The second-order valence-corrected chi connectivity index (χ2v) is 4.43. The summed E-state index contributed by atoms with van der Waals surface area (Å²) in [5.74, 6) is 0.556. The van der Waals surface area contributed by atoms with Gasteiger partial charge in [0.05, 0.1) is 24.1 Å². The van der Waals surface area contributed by atoms with Crippen LogP contribution in [0.1, 0.15) is 21.7 Å². The van der Waals surface area contributed by atoms with Crippen LogP contribution in [0.5, 0.6) is 11.5 Å². The van der Waals surface area contributed by atoms with E-state index in [9.17, 15) is 4.79 Å². The number of ether oxygens (including phenoxy) is 2. The molecule has 1 aromatic heterocycles. The van der Waals surface area contributed by atoms with E-state index in [0.717, 1.165) is 11.4 Å². The first-order valence-electron chi connectivity index (χ1n) is 6.10. The molecule has 0 bridgehead atoms. The average Bonchev–Trinajstić information content (AvgIpc) is 2.66. The minimum Gasteiger partial charge on any atom is -0.465 e. The van der Waals surface area contributed by atoms with Crippen LogP contribution in [0.3, 0.4) is 0 Å². The van der Waals surface area contributed by atoms with Crippen LogP contribution in [-0.4, -0.2) is 22.9 Å². The van der Waals surface area contributed by atoms with E-state index >= 15 is 0 Å². The Kier molecular flexibility index (Phi) is 3.65. The van der Waals surface area contributed by atoms with Crippen LogP contribution < -0.4 is 10.5 Å². The first-order chi connectivity index (χ1) is 9.45. The summed E-state index contributed by atoms with van der Waals surface area (Å²) in [6.45, 7) is 3.75. The normalized spacial score (nSPS) is 10.4. The van der Waals surface area contributed by atoms with E-state index in [1.54, 1.807) is 22.9 Å². The Labute approximate surface area is 117 Å². The molecule has 6 nitrogen and oxygen atoms in total. The van der Waals surface area contributed by atoms with Crippen LogP contribution in [0.2, 0.25) is 0 Å². The third-order valence-corrected chi connectivity index (χ3v) is 3.13. The van der Waals surface area contributed by atoms with Crippen molar-refractivity contribution in [3.8, 4) is 11.5 Å². The predicted octanol–water partition coefficient (Wildman–Crippen LogP) is 2.20. The molecule has 0 saturated carbocycles. The number of hydrogen-bond acceptors (Lipinski definition) is 5. The number of nitrogens with two attached hydrogens (primary N) is 1. The quantitative estimate of drug-likeness (QED) is 0.686. The average molecular weight is 275 g/mol. The summed E-state index contributed by atoms with van der Waals surface area (Å²) in [6, 6.07) is 4.99. The second-order valence-electron chi connectivity index (χ2n) is 4.43. The number of aryl methyl sites for hydroxylation is 2. The molecule has 6 heteroatoms. The molecule has 1 aromatic carbocycles. The summed E-state index contributed by atoms with van der Waals surface area (Å²) in [5.41, 5.74) is 8.13. The topological polar surface area (TPSA) is 79.4 Å². The van der Waals surface area contributed by atoms with Crippen molar-refractivity contribution in [2.24, 2.45) is 7.05 Å². The van der Waals surface area contributed by atoms with Crippen LogP contribution >= 0.6 is 0 Å². The zero-order valence-corrected chi connectivity index (χ0v) is 11.9. The lowest BCUT2D eigenvalue weighted by Crippen LogP contribution is -2.06. The molecule has 0 saturated heterocycles. The molecule has 1 heterocycles. The number of rotatable bonds is 3. The molecule has 0 aliphatic rings. The molecular formula is C14H17N3O3. The summed E-state index contributed by atoms with van der Waals surface area (Å²) < 4.78 is 12.2. The Morgan fingerprint density at radius 2 is 2.05 bits per heavy atom. The molecule has 0 aliphatic carbocycles. The van der Waals surface area contributed by atoms with Crippen molar-refractivity contribution in [3.63, 3.8) is 0 Å². The minimum absolute atomic E-state index is 0.252. The van der Waals surface area contributed by atoms with Crippen molar-refractivity contribution in [1.29, 1.82) is 0 Å². The fourth-order valence-electron chi connectivity index (χ4n) is 1.93. The summed E-state index contributed by atoms with van der Waals surface area (Å²) >= 11 is 0. The minimum atomic E-state index is -0.493. The van der Waals surface area contributed by atoms with Crippen LogP contribution in [0.15, 0.2) is 18.2 Å². The first-order valence-corrected chi connectivity index (χ1v) is 6.10. The molecule has 0 atom stereocenters. The largest absolute Gasteiger partial charge is 0.465 e. The highest BCUT2D eigenvalue weighted by molar-refractivity contribution is 5.96. The third-order valence-electron chi connectivity index (χ3n) is 3.13. The number of aromatic nitrogens is 2. The number of carbonyl (C=O) groups is 1. The summed E-state index contributed by atoms with van der Waals surface area (Å²) in [4.78, 5) is 11.6. The molecule has 0 unspecified atom stereocenters. The van der Waals surface area contributed by atoms with Crippen LogP contribution in [-0.2, 0) is 11.8 Å². The molecular weight excluding hydrogens is 258 g/mol. The van der Waals surface area contributed by atoms with Crippen molar-refractivity contribution in [2.75, 3.05) is 12.8 Å². The highest BCUT2D eigenvalue weighted by atomic mass is 16.5. The van der Waals surface area contributed by atoms with Gasteiger partial charge < -0.3 is 15.2 Å². The van der Waals surface area contributed by atoms with Gasteiger partial charge in [-0.15, -0.1) is 0 Å². The van der Waals surface area contributed by atoms with Gasteiger partial charge >= 0.3 is 5.97 Å².